The summed E-state index contributed by atoms with van der Waals surface area (Å²) in [7, 11) is 0. The van der Waals surface area contributed by atoms with Crippen LogP contribution in [0.5, 0.6) is 0 Å². The van der Waals surface area contributed by atoms with Crippen LogP contribution in [0.15, 0.2) is 0 Å². The van der Waals surface area contributed by atoms with Gasteiger partial charge in [0.1, 0.15) is 0 Å². The SMILES string of the molecule is CCC(C)CCCCCCCCC(O)C(C)N. The molecule has 0 heterocycles. The fourth-order valence-electron chi connectivity index (χ4n) is 2.02. The predicted molar refractivity (Wildman–Crippen MR) is 76.0 cm³/mol. The van der Waals surface area contributed by atoms with Gasteiger partial charge in [0.2, 0.25) is 0 Å². The van der Waals surface area contributed by atoms with Crippen molar-refractivity contribution in [2.45, 2.75) is 90.7 Å². The van der Waals surface area contributed by atoms with Gasteiger partial charge in [0.15, 0.2) is 0 Å². The Balaban J connectivity index is 3.14. The molecule has 2 nitrogen and oxygen atoms in total. The standard InChI is InChI=1S/C15H33NO/c1-4-13(2)11-9-7-5-6-8-10-12-15(17)14(3)16/h13-15,17H,4-12,16H2,1-3H3. The molecule has 0 aromatic heterocycles. The summed E-state index contributed by atoms with van der Waals surface area (Å²) in [6.07, 6.45) is 11.1. The highest BCUT2D eigenvalue weighted by Crippen LogP contribution is 2.14. The van der Waals surface area contributed by atoms with Crippen LogP contribution in [-0.4, -0.2) is 17.3 Å². The zero-order valence-electron chi connectivity index (χ0n) is 12.1. The van der Waals surface area contributed by atoms with E-state index in [0.717, 1.165) is 18.8 Å². The molecule has 3 N–H and O–H groups in total. The summed E-state index contributed by atoms with van der Waals surface area (Å²) in [6, 6.07) is -0.0782. The van der Waals surface area contributed by atoms with Gasteiger partial charge in [0.25, 0.3) is 0 Å². The molecule has 2 heteroatoms. The van der Waals surface area contributed by atoms with Gasteiger partial charge < -0.3 is 10.8 Å². The average Bonchev–Trinajstić information content (AvgIpc) is 2.31. The molecule has 0 aromatic rings. The van der Waals surface area contributed by atoms with Gasteiger partial charge in [0.05, 0.1) is 6.10 Å². The Morgan fingerprint density at radius 1 is 0.882 bits per heavy atom. The van der Waals surface area contributed by atoms with Crippen molar-refractivity contribution in [2.24, 2.45) is 11.7 Å². The second-order valence-electron chi connectivity index (χ2n) is 5.64. The lowest BCUT2D eigenvalue weighted by molar-refractivity contribution is 0.138. The third-order valence-electron chi connectivity index (χ3n) is 3.75. The summed E-state index contributed by atoms with van der Waals surface area (Å²) in [5.74, 6) is 0.899. The maximum atomic E-state index is 9.53. The summed E-state index contributed by atoms with van der Waals surface area (Å²) in [5.41, 5.74) is 5.61. The Bertz CT molecular complexity index is 159. The highest BCUT2D eigenvalue weighted by atomic mass is 16.3. The van der Waals surface area contributed by atoms with E-state index in [1.807, 2.05) is 6.92 Å². The third-order valence-corrected chi connectivity index (χ3v) is 3.75. The minimum absolute atomic E-state index is 0.0782. The normalized spacial score (nSPS) is 16.8. The van der Waals surface area contributed by atoms with Crippen LogP contribution in [0.2, 0.25) is 0 Å². The molecule has 0 aliphatic heterocycles. The van der Waals surface area contributed by atoms with Gasteiger partial charge in [-0.25, -0.2) is 0 Å². The summed E-state index contributed by atoms with van der Waals surface area (Å²) < 4.78 is 0. The monoisotopic (exact) mass is 243 g/mol. The first kappa shape index (κ1) is 16.9. The number of aliphatic hydroxyl groups excluding tert-OH is 1. The lowest BCUT2D eigenvalue weighted by Gasteiger charge is -2.13. The van der Waals surface area contributed by atoms with Crippen LogP contribution in [-0.2, 0) is 0 Å². The molecule has 0 spiro atoms. The topological polar surface area (TPSA) is 46.2 Å². The van der Waals surface area contributed by atoms with E-state index in [2.05, 4.69) is 13.8 Å². The van der Waals surface area contributed by atoms with Gasteiger partial charge in [-0.1, -0.05) is 65.2 Å². The molecule has 3 unspecified atom stereocenters. The number of nitrogens with two attached hydrogens (primary N) is 1. The predicted octanol–water partition coefficient (Wildman–Crippen LogP) is 3.86. The van der Waals surface area contributed by atoms with Crippen LogP contribution in [0, 0.1) is 5.92 Å². The number of rotatable bonds is 11. The molecular weight excluding hydrogens is 210 g/mol. The van der Waals surface area contributed by atoms with E-state index < -0.39 is 0 Å². The average molecular weight is 243 g/mol. The van der Waals surface area contributed by atoms with E-state index in [-0.39, 0.29) is 12.1 Å². The summed E-state index contributed by atoms with van der Waals surface area (Å²) >= 11 is 0. The number of aliphatic hydroxyl groups is 1. The van der Waals surface area contributed by atoms with Gasteiger partial charge in [-0.3, -0.25) is 0 Å². The molecule has 0 bridgehead atoms. The molecule has 0 rings (SSSR count). The molecule has 0 saturated heterocycles. The lowest BCUT2D eigenvalue weighted by Crippen LogP contribution is -2.31. The fourth-order valence-corrected chi connectivity index (χ4v) is 2.02. The number of hydrogen-bond acceptors (Lipinski definition) is 2. The van der Waals surface area contributed by atoms with E-state index in [0.29, 0.717) is 0 Å². The molecule has 0 aliphatic carbocycles. The van der Waals surface area contributed by atoms with Crippen LogP contribution in [0.1, 0.15) is 78.6 Å². The first-order valence-corrected chi connectivity index (χ1v) is 7.51. The Kier molecular flexibility index (Phi) is 11.0. The smallest absolute Gasteiger partial charge is 0.0688 e. The Hall–Kier alpha value is -0.0800. The van der Waals surface area contributed by atoms with E-state index in [1.54, 1.807) is 0 Å². The van der Waals surface area contributed by atoms with Gasteiger partial charge >= 0.3 is 0 Å². The van der Waals surface area contributed by atoms with E-state index in [9.17, 15) is 5.11 Å². The molecule has 0 fully saturated rings. The molecule has 104 valence electrons. The van der Waals surface area contributed by atoms with Gasteiger partial charge in [-0.2, -0.15) is 0 Å². The van der Waals surface area contributed by atoms with Crippen LogP contribution in [0.4, 0.5) is 0 Å². The Morgan fingerprint density at radius 3 is 1.82 bits per heavy atom. The number of hydrogen-bond donors (Lipinski definition) is 2. The Morgan fingerprint density at radius 2 is 1.35 bits per heavy atom. The minimum Gasteiger partial charge on any atom is -0.392 e. The third kappa shape index (κ3) is 10.8. The first-order chi connectivity index (χ1) is 8.07. The molecule has 3 atom stereocenters. The van der Waals surface area contributed by atoms with Crippen molar-refractivity contribution in [3.05, 3.63) is 0 Å². The zero-order valence-corrected chi connectivity index (χ0v) is 12.1. The van der Waals surface area contributed by atoms with Crippen molar-refractivity contribution in [1.29, 1.82) is 0 Å². The van der Waals surface area contributed by atoms with Crippen molar-refractivity contribution in [2.75, 3.05) is 0 Å². The van der Waals surface area contributed by atoms with Crippen molar-refractivity contribution < 1.29 is 5.11 Å². The maximum Gasteiger partial charge on any atom is 0.0688 e. The summed E-state index contributed by atoms with van der Waals surface area (Å²) in [5, 5.41) is 9.53. The van der Waals surface area contributed by atoms with E-state index >= 15 is 0 Å². The quantitative estimate of drug-likeness (QED) is 0.541. The minimum atomic E-state index is -0.305. The Labute approximate surface area is 108 Å². The van der Waals surface area contributed by atoms with Gasteiger partial charge in [-0.05, 0) is 19.3 Å². The largest absolute Gasteiger partial charge is 0.392 e. The summed E-state index contributed by atoms with van der Waals surface area (Å²) in [4.78, 5) is 0. The highest BCUT2D eigenvalue weighted by Gasteiger charge is 2.08. The molecule has 0 amide bonds. The molecule has 0 radical (unpaired) electrons. The molecular formula is C15H33NO. The molecule has 0 aromatic carbocycles. The molecule has 0 aliphatic rings. The van der Waals surface area contributed by atoms with Crippen LogP contribution in [0.25, 0.3) is 0 Å². The van der Waals surface area contributed by atoms with Crippen LogP contribution >= 0.6 is 0 Å². The van der Waals surface area contributed by atoms with Gasteiger partial charge in [0, 0.05) is 6.04 Å². The second kappa shape index (κ2) is 11.0. The van der Waals surface area contributed by atoms with Crippen molar-refractivity contribution in [3.63, 3.8) is 0 Å². The van der Waals surface area contributed by atoms with Crippen molar-refractivity contribution in [1.82, 2.24) is 0 Å². The van der Waals surface area contributed by atoms with E-state index in [1.165, 1.54) is 44.9 Å². The molecule has 17 heavy (non-hydrogen) atoms. The zero-order chi connectivity index (χ0) is 13.1. The fraction of sp³-hybridized carbons (Fsp3) is 1.00. The highest BCUT2D eigenvalue weighted by molar-refractivity contribution is 4.65. The van der Waals surface area contributed by atoms with Crippen LogP contribution in [0.3, 0.4) is 0 Å². The van der Waals surface area contributed by atoms with E-state index in [4.69, 9.17) is 5.73 Å². The summed E-state index contributed by atoms with van der Waals surface area (Å²) in [6.45, 7) is 6.49. The molecule has 0 saturated carbocycles. The first-order valence-electron chi connectivity index (χ1n) is 7.51. The second-order valence-corrected chi connectivity index (χ2v) is 5.64. The lowest BCUT2D eigenvalue weighted by atomic mass is 9.99. The maximum absolute atomic E-state index is 9.53. The van der Waals surface area contributed by atoms with Gasteiger partial charge in [-0.15, -0.1) is 0 Å². The van der Waals surface area contributed by atoms with Crippen molar-refractivity contribution in [3.8, 4) is 0 Å². The van der Waals surface area contributed by atoms with Crippen LogP contribution < -0.4 is 5.73 Å². The van der Waals surface area contributed by atoms with Crippen molar-refractivity contribution >= 4 is 0 Å². The number of unbranched alkanes of at least 4 members (excludes halogenated alkanes) is 5.